The van der Waals surface area contributed by atoms with Gasteiger partial charge in [-0.1, -0.05) is 6.92 Å². The van der Waals surface area contributed by atoms with Crippen molar-refractivity contribution in [1.82, 2.24) is 10.2 Å². The van der Waals surface area contributed by atoms with Crippen LogP contribution in [0.25, 0.3) is 0 Å². The number of nitrogens with one attached hydrogen (secondary N) is 2. The van der Waals surface area contributed by atoms with Crippen molar-refractivity contribution in [3.63, 3.8) is 0 Å². The van der Waals surface area contributed by atoms with Crippen molar-refractivity contribution < 1.29 is 13.6 Å². The number of carbonyl (C=O) groups excluding carboxylic acids is 1. The second-order valence-electron chi connectivity index (χ2n) is 3.71. The van der Waals surface area contributed by atoms with Crippen molar-refractivity contribution in [2.75, 3.05) is 5.32 Å². The summed E-state index contributed by atoms with van der Waals surface area (Å²) in [4.78, 5) is 11.7. The van der Waals surface area contributed by atoms with Crippen molar-refractivity contribution in [1.29, 1.82) is 0 Å². The summed E-state index contributed by atoms with van der Waals surface area (Å²) < 4.78 is 26.0. The van der Waals surface area contributed by atoms with Crippen LogP contribution < -0.4 is 5.32 Å². The van der Waals surface area contributed by atoms with Gasteiger partial charge in [-0.25, -0.2) is 8.78 Å². The third kappa shape index (κ3) is 2.53. The first-order valence-corrected chi connectivity index (χ1v) is 5.41. The fraction of sp³-hybridized carbons (Fsp3) is 0.167. The number of carbonyl (C=O) groups is 1. The molecule has 0 atom stereocenters. The lowest BCUT2D eigenvalue weighted by molar-refractivity contribution is 0.102. The maximum Gasteiger partial charge on any atom is 0.259 e. The molecule has 0 unspecified atom stereocenters. The Balaban J connectivity index is 2.16. The van der Waals surface area contributed by atoms with Crippen LogP contribution in [0.3, 0.4) is 0 Å². The summed E-state index contributed by atoms with van der Waals surface area (Å²) in [5, 5.41) is 8.99. The Morgan fingerprint density at radius 1 is 1.39 bits per heavy atom. The molecule has 1 heterocycles. The Labute approximate surface area is 102 Å². The zero-order valence-electron chi connectivity index (χ0n) is 9.63. The van der Waals surface area contributed by atoms with Crippen LogP contribution in [0.2, 0.25) is 0 Å². The third-order valence-corrected chi connectivity index (χ3v) is 2.43. The number of benzene rings is 1. The van der Waals surface area contributed by atoms with E-state index < -0.39 is 17.5 Å². The Kier molecular flexibility index (Phi) is 3.36. The zero-order valence-corrected chi connectivity index (χ0v) is 9.63. The Morgan fingerprint density at radius 3 is 2.78 bits per heavy atom. The van der Waals surface area contributed by atoms with Gasteiger partial charge in [-0.05, 0) is 18.6 Å². The van der Waals surface area contributed by atoms with Crippen LogP contribution in [-0.4, -0.2) is 16.1 Å². The van der Waals surface area contributed by atoms with Gasteiger partial charge in [0.1, 0.15) is 11.6 Å². The number of rotatable bonds is 3. The topological polar surface area (TPSA) is 57.8 Å². The average molecular weight is 251 g/mol. The SMILES string of the molecule is CCc1cc(NC(=O)c2ccc(F)cc2F)n[nH]1. The minimum Gasteiger partial charge on any atom is -0.305 e. The molecule has 94 valence electrons. The molecule has 1 amide bonds. The van der Waals surface area contributed by atoms with Crippen LogP contribution in [0.15, 0.2) is 24.3 Å². The highest BCUT2D eigenvalue weighted by Crippen LogP contribution is 2.12. The highest BCUT2D eigenvalue weighted by molar-refractivity contribution is 6.03. The Hall–Kier alpha value is -2.24. The largest absolute Gasteiger partial charge is 0.305 e. The summed E-state index contributed by atoms with van der Waals surface area (Å²) in [7, 11) is 0. The minimum absolute atomic E-state index is 0.225. The Morgan fingerprint density at radius 2 is 2.17 bits per heavy atom. The summed E-state index contributed by atoms with van der Waals surface area (Å²) in [6.45, 7) is 1.93. The summed E-state index contributed by atoms with van der Waals surface area (Å²) in [6.07, 6.45) is 0.744. The average Bonchev–Trinajstić information content (AvgIpc) is 2.76. The molecule has 0 bridgehead atoms. The van der Waals surface area contributed by atoms with E-state index in [-0.39, 0.29) is 5.56 Å². The standard InChI is InChI=1S/C12H11F2N3O/c1-2-8-6-11(17-16-8)15-12(18)9-4-3-7(13)5-10(9)14/h3-6H,2H2,1H3,(H2,15,16,17,18). The molecule has 1 aromatic heterocycles. The van der Waals surface area contributed by atoms with Gasteiger partial charge < -0.3 is 5.32 Å². The number of aromatic amines is 1. The minimum atomic E-state index is -0.904. The first-order chi connectivity index (χ1) is 8.60. The van der Waals surface area contributed by atoms with Crippen LogP contribution in [0.5, 0.6) is 0 Å². The highest BCUT2D eigenvalue weighted by Gasteiger charge is 2.13. The lowest BCUT2D eigenvalue weighted by Crippen LogP contribution is -2.14. The number of halogens is 2. The summed E-state index contributed by atoms with van der Waals surface area (Å²) in [5.41, 5.74) is 0.627. The zero-order chi connectivity index (χ0) is 13.1. The predicted octanol–water partition coefficient (Wildman–Crippen LogP) is 2.50. The van der Waals surface area contributed by atoms with E-state index in [1.165, 1.54) is 0 Å². The van der Waals surface area contributed by atoms with Crippen molar-refractivity contribution >= 4 is 11.7 Å². The summed E-state index contributed by atoms with van der Waals surface area (Å²) in [6, 6.07) is 4.43. The van der Waals surface area contributed by atoms with Crippen LogP contribution in [0, 0.1) is 11.6 Å². The van der Waals surface area contributed by atoms with Gasteiger partial charge in [0, 0.05) is 17.8 Å². The first-order valence-electron chi connectivity index (χ1n) is 5.41. The Bertz CT molecular complexity index is 580. The predicted molar refractivity (Wildman–Crippen MR) is 62.3 cm³/mol. The van der Waals surface area contributed by atoms with Crippen LogP contribution in [0.4, 0.5) is 14.6 Å². The number of amides is 1. The number of hydrogen-bond donors (Lipinski definition) is 2. The molecule has 0 saturated carbocycles. The lowest BCUT2D eigenvalue weighted by Gasteiger charge is -2.02. The normalized spacial score (nSPS) is 10.4. The van der Waals surface area contributed by atoms with E-state index in [4.69, 9.17) is 0 Å². The van der Waals surface area contributed by atoms with Gasteiger partial charge in [-0.15, -0.1) is 0 Å². The van der Waals surface area contributed by atoms with E-state index in [2.05, 4.69) is 15.5 Å². The van der Waals surface area contributed by atoms with Crippen LogP contribution >= 0.6 is 0 Å². The molecule has 0 aliphatic carbocycles. The monoisotopic (exact) mass is 251 g/mol. The molecule has 0 aliphatic rings. The molecule has 0 saturated heterocycles. The molecule has 6 heteroatoms. The molecular weight excluding hydrogens is 240 g/mol. The van der Waals surface area contributed by atoms with Crippen molar-refractivity contribution in [2.45, 2.75) is 13.3 Å². The van der Waals surface area contributed by atoms with E-state index in [0.29, 0.717) is 11.9 Å². The molecule has 2 rings (SSSR count). The summed E-state index contributed by atoms with van der Waals surface area (Å²) in [5.74, 6) is -1.99. The first kappa shape index (κ1) is 12.2. The van der Waals surface area contributed by atoms with E-state index in [1.807, 2.05) is 6.92 Å². The number of nitrogens with zero attached hydrogens (tertiary/aromatic N) is 1. The van der Waals surface area contributed by atoms with E-state index >= 15 is 0 Å². The lowest BCUT2D eigenvalue weighted by atomic mass is 10.2. The van der Waals surface area contributed by atoms with Crippen molar-refractivity contribution in [2.24, 2.45) is 0 Å². The van der Waals surface area contributed by atoms with Crippen LogP contribution in [-0.2, 0) is 6.42 Å². The number of H-pyrrole nitrogens is 1. The molecule has 1 aromatic carbocycles. The van der Waals surface area contributed by atoms with Gasteiger partial charge in [0.25, 0.3) is 5.91 Å². The van der Waals surface area contributed by atoms with Gasteiger partial charge in [0.15, 0.2) is 5.82 Å². The van der Waals surface area contributed by atoms with Gasteiger partial charge >= 0.3 is 0 Å². The smallest absolute Gasteiger partial charge is 0.259 e. The molecule has 0 fully saturated rings. The van der Waals surface area contributed by atoms with Gasteiger partial charge in [0.2, 0.25) is 0 Å². The third-order valence-electron chi connectivity index (χ3n) is 2.43. The van der Waals surface area contributed by atoms with Gasteiger partial charge in [-0.3, -0.25) is 9.89 Å². The van der Waals surface area contributed by atoms with Gasteiger partial charge in [0.05, 0.1) is 5.56 Å². The van der Waals surface area contributed by atoms with E-state index in [9.17, 15) is 13.6 Å². The maximum absolute atomic E-state index is 13.3. The number of aromatic nitrogens is 2. The van der Waals surface area contributed by atoms with Crippen molar-refractivity contribution in [3.05, 3.63) is 47.2 Å². The number of hydrogen-bond acceptors (Lipinski definition) is 2. The van der Waals surface area contributed by atoms with E-state index in [0.717, 1.165) is 24.2 Å². The number of aryl methyl sites for hydroxylation is 1. The number of anilines is 1. The van der Waals surface area contributed by atoms with E-state index in [1.54, 1.807) is 6.07 Å². The summed E-state index contributed by atoms with van der Waals surface area (Å²) >= 11 is 0. The molecule has 4 nitrogen and oxygen atoms in total. The van der Waals surface area contributed by atoms with Crippen LogP contribution in [0.1, 0.15) is 23.0 Å². The maximum atomic E-state index is 13.3. The molecule has 0 aliphatic heterocycles. The molecule has 2 aromatic rings. The molecule has 2 N–H and O–H groups in total. The molecule has 0 spiro atoms. The highest BCUT2D eigenvalue weighted by atomic mass is 19.1. The molecule has 18 heavy (non-hydrogen) atoms. The fourth-order valence-corrected chi connectivity index (χ4v) is 1.46. The van der Waals surface area contributed by atoms with Gasteiger partial charge in [-0.2, -0.15) is 5.10 Å². The van der Waals surface area contributed by atoms with Crippen molar-refractivity contribution in [3.8, 4) is 0 Å². The second kappa shape index (κ2) is 4.95. The second-order valence-corrected chi connectivity index (χ2v) is 3.71. The molecular formula is C12H11F2N3O. The quantitative estimate of drug-likeness (QED) is 0.880. The fourth-order valence-electron chi connectivity index (χ4n) is 1.46. The molecule has 0 radical (unpaired) electrons.